The number of nitrogens with one attached hydrogen (secondary N) is 1. The van der Waals surface area contributed by atoms with Gasteiger partial charge in [-0.15, -0.1) is 0 Å². The van der Waals surface area contributed by atoms with Crippen LogP contribution in [0.2, 0.25) is 0 Å². The molecule has 106 valence electrons. The predicted molar refractivity (Wildman–Crippen MR) is 63.6 cm³/mol. The van der Waals surface area contributed by atoms with Crippen molar-refractivity contribution in [3.05, 3.63) is 23.8 Å². The molecule has 1 aromatic carbocycles. The minimum Gasteiger partial charge on any atom is -0.478 e. The third-order valence-corrected chi connectivity index (χ3v) is 3.31. The summed E-state index contributed by atoms with van der Waals surface area (Å²) in [4.78, 5) is 10.3. The van der Waals surface area contributed by atoms with Crippen LogP contribution in [-0.4, -0.2) is 27.5 Å². The smallest absolute Gasteiger partial charge is 0.261 e. The zero-order valence-electron chi connectivity index (χ0n) is 9.74. The van der Waals surface area contributed by atoms with Crippen LogP contribution in [0.3, 0.4) is 0 Å². The number of amides is 1. The predicted octanol–water partition coefficient (Wildman–Crippen LogP) is 1.41. The summed E-state index contributed by atoms with van der Waals surface area (Å²) in [6, 6.07) is 1.02. The van der Waals surface area contributed by atoms with Gasteiger partial charge in [0.1, 0.15) is 0 Å². The molecule has 0 fully saturated rings. The molecular weight excluding hydrogens is 304 g/mol. The molecule has 0 aliphatic heterocycles. The number of hydrogen-bond acceptors (Lipinski definition) is 4. The Morgan fingerprint density at radius 2 is 1.89 bits per heavy atom. The van der Waals surface area contributed by atoms with Gasteiger partial charge in [-0.05, 0) is 19.1 Å². The molecule has 5 nitrogen and oxygen atoms in total. The second-order valence-corrected chi connectivity index (χ2v) is 5.96. The van der Waals surface area contributed by atoms with E-state index in [1.54, 1.807) is 6.92 Å². The van der Waals surface area contributed by atoms with Crippen LogP contribution in [-0.2, 0) is 13.8 Å². The molecule has 0 heterocycles. The summed E-state index contributed by atoms with van der Waals surface area (Å²) in [5, 5.41) is 2.36. The Morgan fingerprint density at radius 1 is 1.37 bits per heavy atom. The van der Waals surface area contributed by atoms with Crippen LogP contribution in [0.15, 0.2) is 17.0 Å². The molecule has 0 atom stereocenters. The van der Waals surface area contributed by atoms with Gasteiger partial charge in [0.05, 0.1) is 4.90 Å². The molecule has 0 aliphatic carbocycles. The Kier molecular flexibility index (Phi) is 5.07. The minimum absolute atomic E-state index is 0.344. The molecule has 0 radical (unpaired) electrons. The van der Waals surface area contributed by atoms with Crippen LogP contribution in [0.4, 0.5) is 8.78 Å². The molecule has 0 saturated heterocycles. The SMILES string of the molecule is CCNC(=O)COc1c(F)cc(S(=O)(=O)Cl)cc1F. The lowest BCUT2D eigenvalue weighted by molar-refractivity contribution is -0.123. The molecule has 1 N–H and O–H groups in total. The highest BCUT2D eigenvalue weighted by Crippen LogP contribution is 2.26. The van der Waals surface area contributed by atoms with Gasteiger partial charge in [0, 0.05) is 17.2 Å². The quantitative estimate of drug-likeness (QED) is 0.834. The molecule has 0 bridgehead atoms. The summed E-state index contributed by atoms with van der Waals surface area (Å²) in [5.41, 5.74) is 0. The zero-order chi connectivity index (χ0) is 14.6. The summed E-state index contributed by atoms with van der Waals surface area (Å²) in [7, 11) is 0.710. The van der Waals surface area contributed by atoms with Crippen molar-refractivity contribution in [2.75, 3.05) is 13.2 Å². The lowest BCUT2D eigenvalue weighted by Gasteiger charge is -2.09. The molecular formula is C10H10ClF2NO4S. The summed E-state index contributed by atoms with van der Waals surface area (Å²) < 4.78 is 53.4. The van der Waals surface area contributed by atoms with Crippen LogP contribution < -0.4 is 10.1 Å². The normalized spacial score (nSPS) is 11.2. The third-order valence-electron chi connectivity index (χ3n) is 1.97. The number of carbonyl (C=O) groups is 1. The summed E-state index contributed by atoms with van der Waals surface area (Å²) in [6.07, 6.45) is 0. The summed E-state index contributed by atoms with van der Waals surface area (Å²) >= 11 is 0. The number of carbonyl (C=O) groups excluding carboxylic acids is 1. The van der Waals surface area contributed by atoms with Crippen molar-refractivity contribution in [3.8, 4) is 5.75 Å². The number of likely N-dealkylation sites (N-methyl/N-ethyl adjacent to an activating group) is 1. The Morgan fingerprint density at radius 3 is 2.32 bits per heavy atom. The fourth-order valence-corrected chi connectivity index (χ4v) is 1.96. The highest BCUT2D eigenvalue weighted by atomic mass is 35.7. The van der Waals surface area contributed by atoms with Gasteiger partial charge in [-0.2, -0.15) is 0 Å². The van der Waals surface area contributed by atoms with Gasteiger partial charge in [0.2, 0.25) is 0 Å². The van der Waals surface area contributed by atoms with Crippen LogP contribution in [0.1, 0.15) is 6.92 Å². The van der Waals surface area contributed by atoms with Crippen molar-refractivity contribution < 1.29 is 26.7 Å². The second-order valence-electron chi connectivity index (χ2n) is 3.40. The van der Waals surface area contributed by atoms with Gasteiger partial charge in [-0.3, -0.25) is 4.79 Å². The summed E-state index contributed by atoms with van der Waals surface area (Å²) in [5.74, 6) is -3.92. The van der Waals surface area contributed by atoms with Crippen molar-refractivity contribution in [2.45, 2.75) is 11.8 Å². The minimum atomic E-state index is -4.25. The van der Waals surface area contributed by atoms with E-state index < -0.39 is 43.8 Å². The Labute approximate surface area is 112 Å². The number of benzene rings is 1. The van der Waals surface area contributed by atoms with Gasteiger partial charge in [-0.25, -0.2) is 17.2 Å². The van der Waals surface area contributed by atoms with E-state index in [4.69, 9.17) is 10.7 Å². The lowest BCUT2D eigenvalue weighted by atomic mass is 10.3. The molecule has 0 spiro atoms. The molecule has 9 heteroatoms. The third kappa shape index (κ3) is 4.32. The Balaban J connectivity index is 2.95. The van der Waals surface area contributed by atoms with Gasteiger partial charge in [0.25, 0.3) is 15.0 Å². The number of rotatable bonds is 5. The molecule has 1 rings (SSSR count). The molecule has 1 aromatic rings. The average Bonchev–Trinajstić information content (AvgIpc) is 2.26. The number of halogens is 3. The lowest BCUT2D eigenvalue weighted by Crippen LogP contribution is -2.28. The number of ether oxygens (including phenoxy) is 1. The Hall–Kier alpha value is -1.41. The average molecular weight is 314 g/mol. The number of hydrogen-bond donors (Lipinski definition) is 1. The van der Waals surface area contributed by atoms with E-state index in [1.807, 2.05) is 0 Å². The monoisotopic (exact) mass is 313 g/mol. The van der Waals surface area contributed by atoms with E-state index in [0.717, 1.165) is 0 Å². The first-order valence-electron chi connectivity index (χ1n) is 5.09. The second kappa shape index (κ2) is 6.16. The van der Waals surface area contributed by atoms with E-state index in [2.05, 4.69) is 10.1 Å². The molecule has 19 heavy (non-hydrogen) atoms. The van der Waals surface area contributed by atoms with Crippen LogP contribution in [0, 0.1) is 11.6 Å². The highest BCUT2D eigenvalue weighted by molar-refractivity contribution is 8.13. The fraction of sp³-hybridized carbons (Fsp3) is 0.300. The standard InChI is InChI=1S/C10H10ClF2NO4S/c1-2-14-9(15)5-18-10-7(12)3-6(4-8(10)13)19(11,16)17/h3-4H,2,5H2,1H3,(H,14,15). The van der Waals surface area contributed by atoms with Crippen molar-refractivity contribution in [3.63, 3.8) is 0 Å². The highest BCUT2D eigenvalue weighted by Gasteiger charge is 2.19. The topological polar surface area (TPSA) is 72.5 Å². The first-order chi connectivity index (χ1) is 8.75. The van der Waals surface area contributed by atoms with E-state index in [0.29, 0.717) is 18.7 Å². The molecule has 0 aliphatic rings. The van der Waals surface area contributed by atoms with E-state index in [1.165, 1.54) is 0 Å². The first-order valence-corrected chi connectivity index (χ1v) is 7.39. The maximum absolute atomic E-state index is 13.5. The molecule has 0 aromatic heterocycles. The van der Waals surface area contributed by atoms with Gasteiger partial charge in [0.15, 0.2) is 24.0 Å². The van der Waals surface area contributed by atoms with E-state index in [9.17, 15) is 22.0 Å². The first kappa shape index (κ1) is 15.6. The van der Waals surface area contributed by atoms with Crippen LogP contribution in [0.25, 0.3) is 0 Å². The van der Waals surface area contributed by atoms with Crippen molar-refractivity contribution >= 4 is 25.6 Å². The molecule has 1 amide bonds. The van der Waals surface area contributed by atoms with Crippen LogP contribution >= 0.6 is 10.7 Å². The Bertz CT molecular complexity index is 568. The fourth-order valence-electron chi connectivity index (χ4n) is 1.20. The summed E-state index contributed by atoms with van der Waals surface area (Å²) in [6.45, 7) is 1.42. The van der Waals surface area contributed by atoms with Gasteiger partial charge >= 0.3 is 0 Å². The van der Waals surface area contributed by atoms with E-state index in [-0.39, 0.29) is 0 Å². The van der Waals surface area contributed by atoms with E-state index >= 15 is 0 Å². The maximum Gasteiger partial charge on any atom is 0.261 e. The van der Waals surface area contributed by atoms with Crippen LogP contribution in [0.5, 0.6) is 5.75 Å². The molecule has 0 saturated carbocycles. The van der Waals surface area contributed by atoms with Gasteiger partial charge < -0.3 is 10.1 Å². The maximum atomic E-state index is 13.5. The largest absolute Gasteiger partial charge is 0.478 e. The van der Waals surface area contributed by atoms with Crippen molar-refractivity contribution in [2.24, 2.45) is 0 Å². The van der Waals surface area contributed by atoms with Gasteiger partial charge in [-0.1, -0.05) is 0 Å². The van der Waals surface area contributed by atoms with Crippen molar-refractivity contribution in [1.29, 1.82) is 0 Å². The van der Waals surface area contributed by atoms with Crippen molar-refractivity contribution in [1.82, 2.24) is 5.32 Å². The zero-order valence-corrected chi connectivity index (χ0v) is 11.3. The molecule has 0 unspecified atom stereocenters.